The molecule has 3 aromatic carbocycles. The van der Waals surface area contributed by atoms with E-state index in [0.29, 0.717) is 17.9 Å². The SMILES string of the molecule is CC1=NN(c2ccccc2)C(=O)/C1=C/c1cc(I)c(OCc2ccc(C(=O)O)cc2)c(I)c1. The van der Waals surface area contributed by atoms with Crippen LogP contribution in [0.15, 0.2) is 77.4 Å². The van der Waals surface area contributed by atoms with Gasteiger partial charge in [0.05, 0.1) is 29.7 Å². The number of carbonyl (C=O) groups is 2. The number of carboxylic acid groups (broad SMARTS) is 1. The molecule has 6 nitrogen and oxygen atoms in total. The first-order valence-electron chi connectivity index (χ1n) is 9.94. The maximum absolute atomic E-state index is 13.0. The van der Waals surface area contributed by atoms with Crippen LogP contribution in [0, 0.1) is 7.14 Å². The quantitative estimate of drug-likeness (QED) is 0.260. The summed E-state index contributed by atoms with van der Waals surface area (Å²) in [6.45, 7) is 2.15. The molecule has 0 saturated carbocycles. The van der Waals surface area contributed by atoms with Crippen LogP contribution in [0.5, 0.6) is 5.75 Å². The van der Waals surface area contributed by atoms with E-state index in [1.54, 1.807) is 24.3 Å². The van der Waals surface area contributed by atoms with E-state index in [-0.39, 0.29) is 11.5 Å². The summed E-state index contributed by atoms with van der Waals surface area (Å²) in [5.41, 5.74) is 3.95. The fraction of sp³-hybridized carbons (Fsp3) is 0.0800. The Kier molecular flexibility index (Phi) is 7.13. The molecule has 0 radical (unpaired) electrons. The zero-order valence-electron chi connectivity index (χ0n) is 17.5. The molecule has 8 heteroatoms. The van der Waals surface area contributed by atoms with Crippen molar-refractivity contribution < 1.29 is 19.4 Å². The molecular formula is C25H18I2N2O4. The van der Waals surface area contributed by atoms with Gasteiger partial charge in [-0.05, 0) is 106 Å². The van der Waals surface area contributed by atoms with Crippen LogP contribution in [-0.2, 0) is 11.4 Å². The number of para-hydroxylation sites is 1. The lowest BCUT2D eigenvalue weighted by molar-refractivity contribution is -0.114. The summed E-state index contributed by atoms with van der Waals surface area (Å²) in [5, 5.41) is 14.9. The summed E-state index contributed by atoms with van der Waals surface area (Å²) >= 11 is 4.43. The Bertz CT molecular complexity index is 1260. The highest BCUT2D eigenvalue weighted by molar-refractivity contribution is 14.1. The van der Waals surface area contributed by atoms with Crippen molar-refractivity contribution in [2.75, 3.05) is 5.01 Å². The number of amides is 1. The molecule has 0 aromatic heterocycles. The molecule has 4 rings (SSSR count). The zero-order valence-corrected chi connectivity index (χ0v) is 21.8. The number of aromatic carboxylic acids is 1. The number of nitrogens with zero attached hydrogens (tertiary/aromatic N) is 2. The number of anilines is 1. The standard InChI is InChI=1S/C25H18I2N2O4/c1-15-20(24(30)29(28-15)19-5-3-2-4-6-19)11-17-12-21(26)23(22(27)13-17)33-14-16-7-9-18(10-8-16)25(31)32/h2-13H,14H2,1H3,(H,31,32)/b20-11+. The van der Waals surface area contributed by atoms with Crippen molar-refractivity contribution in [1.29, 1.82) is 0 Å². The highest BCUT2D eigenvalue weighted by Gasteiger charge is 2.28. The van der Waals surface area contributed by atoms with Crippen LogP contribution in [-0.4, -0.2) is 22.7 Å². The number of rotatable bonds is 6. The van der Waals surface area contributed by atoms with Crippen molar-refractivity contribution in [3.63, 3.8) is 0 Å². The van der Waals surface area contributed by atoms with Crippen LogP contribution in [0.4, 0.5) is 5.69 Å². The normalized spacial score (nSPS) is 14.5. The van der Waals surface area contributed by atoms with Gasteiger partial charge in [0.15, 0.2) is 0 Å². The van der Waals surface area contributed by atoms with E-state index < -0.39 is 5.97 Å². The lowest BCUT2D eigenvalue weighted by Crippen LogP contribution is -2.21. The van der Waals surface area contributed by atoms with Crippen LogP contribution < -0.4 is 9.75 Å². The molecule has 0 aliphatic carbocycles. The minimum absolute atomic E-state index is 0.158. The van der Waals surface area contributed by atoms with E-state index in [9.17, 15) is 9.59 Å². The molecule has 0 unspecified atom stereocenters. The summed E-state index contributed by atoms with van der Waals surface area (Å²) in [4.78, 5) is 24.0. The number of ether oxygens (including phenoxy) is 1. The number of benzene rings is 3. The van der Waals surface area contributed by atoms with Gasteiger partial charge < -0.3 is 9.84 Å². The lowest BCUT2D eigenvalue weighted by Gasteiger charge is -2.12. The van der Waals surface area contributed by atoms with Gasteiger partial charge >= 0.3 is 5.97 Å². The van der Waals surface area contributed by atoms with E-state index in [2.05, 4.69) is 50.3 Å². The maximum atomic E-state index is 13.0. The van der Waals surface area contributed by atoms with Gasteiger partial charge in [-0.15, -0.1) is 0 Å². The smallest absolute Gasteiger partial charge is 0.335 e. The molecule has 0 bridgehead atoms. The van der Waals surface area contributed by atoms with E-state index in [4.69, 9.17) is 9.84 Å². The maximum Gasteiger partial charge on any atom is 0.335 e. The second-order valence-corrected chi connectivity index (χ2v) is 9.62. The molecule has 1 amide bonds. The minimum atomic E-state index is -0.954. The van der Waals surface area contributed by atoms with E-state index in [1.807, 2.05) is 55.5 Å². The molecule has 0 fully saturated rings. The monoisotopic (exact) mass is 664 g/mol. The van der Waals surface area contributed by atoms with Crippen LogP contribution in [0.3, 0.4) is 0 Å². The van der Waals surface area contributed by atoms with Gasteiger partial charge in [0.1, 0.15) is 12.4 Å². The molecule has 0 saturated heterocycles. The lowest BCUT2D eigenvalue weighted by atomic mass is 10.1. The Morgan fingerprint density at radius 2 is 1.70 bits per heavy atom. The van der Waals surface area contributed by atoms with Gasteiger partial charge in [-0.2, -0.15) is 10.1 Å². The van der Waals surface area contributed by atoms with Crippen LogP contribution >= 0.6 is 45.2 Å². The summed E-state index contributed by atoms with van der Waals surface area (Å²) in [5.74, 6) is -0.368. The second-order valence-electron chi connectivity index (χ2n) is 7.30. The number of hydrazone groups is 1. The number of hydrogen-bond acceptors (Lipinski definition) is 4. The first-order chi connectivity index (χ1) is 15.8. The van der Waals surface area contributed by atoms with Gasteiger partial charge in [0.2, 0.25) is 0 Å². The fourth-order valence-electron chi connectivity index (χ4n) is 3.29. The number of carbonyl (C=O) groups excluding carboxylic acids is 1. The number of hydrogen-bond donors (Lipinski definition) is 1. The Morgan fingerprint density at radius 3 is 2.30 bits per heavy atom. The van der Waals surface area contributed by atoms with Crippen molar-refractivity contribution >= 4 is 74.5 Å². The Balaban J connectivity index is 1.52. The Labute approximate surface area is 218 Å². The first kappa shape index (κ1) is 23.4. The zero-order chi connectivity index (χ0) is 23.5. The summed E-state index contributed by atoms with van der Waals surface area (Å²) in [6, 6.07) is 19.9. The van der Waals surface area contributed by atoms with Crippen LogP contribution in [0.2, 0.25) is 0 Å². The van der Waals surface area contributed by atoms with Crippen molar-refractivity contribution in [1.82, 2.24) is 0 Å². The Morgan fingerprint density at radius 1 is 1.06 bits per heavy atom. The van der Waals surface area contributed by atoms with Crippen molar-refractivity contribution in [3.8, 4) is 5.75 Å². The van der Waals surface area contributed by atoms with E-state index in [0.717, 1.165) is 29.7 Å². The highest BCUT2D eigenvalue weighted by Crippen LogP contribution is 2.32. The molecule has 1 aliphatic heterocycles. The van der Waals surface area contributed by atoms with Gasteiger partial charge in [-0.25, -0.2) is 4.79 Å². The molecule has 33 heavy (non-hydrogen) atoms. The average molecular weight is 664 g/mol. The largest absolute Gasteiger partial charge is 0.487 e. The predicted octanol–water partition coefficient (Wildman–Crippen LogP) is 5.98. The fourth-order valence-corrected chi connectivity index (χ4v) is 5.42. The molecule has 166 valence electrons. The third-order valence-electron chi connectivity index (χ3n) is 4.98. The topological polar surface area (TPSA) is 79.2 Å². The minimum Gasteiger partial charge on any atom is -0.487 e. The number of halogens is 2. The van der Waals surface area contributed by atoms with Crippen LogP contribution in [0.1, 0.15) is 28.4 Å². The third-order valence-corrected chi connectivity index (χ3v) is 6.58. The highest BCUT2D eigenvalue weighted by atomic mass is 127. The average Bonchev–Trinajstić information content (AvgIpc) is 3.08. The third kappa shape index (κ3) is 5.27. The summed E-state index contributed by atoms with van der Waals surface area (Å²) in [7, 11) is 0. The molecule has 1 N–H and O–H groups in total. The molecule has 1 heterocycles. The predicted molar refractivity (Wildman–Crippen MR) is 145 cm³/mol. The van der Waals surface area contributed by atoms with Gasteiger partial charge in [-0.1, -0.05) is 30.3 Å². The van der Waals surface area contributed by atoms with Crippen LogP contribution in [0.25, 0.3) is 6.08 Å². The van der Waals surface area contributed by atoms with Gasteiger partial charge in [-0.3, -0.25) is 4.79 Å². The second kappa shape index (κ2) is 10.0. The first-order valence-corrected chi connectivity index (χ1v) is 12.1. The van der Waals surface area contributed by atoms with Crippen molar-refractivity contribution in [3.05, 3.63) is 96.1 Å². The number of carboxylic acids is 1. The van der Waals surface area contributed by atoms with Gasteiger partial charge in [0.25, 0.3) is 5.91 Å². The molecular weight excluding hydrogens is 646 g/mol. The van der Waals surface area contributed by atoms with E-state index in [1.165, 1.54) is 5.01 Å². The molecule has 0 spiro atoms. The van der Waals surface area contributed by atoms with Gasteiger partial charge in [0, 0.05) is 0 Å². The Hall–Kier alpha value is -2.73. The molecule has 0 atom stereocenters. The molecule has 3 aromatic rings. The summed E-state index contributed by atoms with van der Waals surface area (Å²) < 4.78 is 7.84. The van der Waals surface area contributed by atoms with Crippen molar-refractivity contribution in [2.24, 2.45) is 5.10 Å². The van der Waals surface area contributed by atoms with Crippen molar-refractivity contribution in [2.45, 2.75) is 13.5 Å². The summed E-state index contributed by atoms with van der Waals surface area (Å²) in [6.07, 6.45) is 1.85. The molecule has 1 aliphatic rings. The van der Waals surface area contributed by atoms with E-state index >= 15 is 0 Å².